The Morgan fingerprint density at radius 3 is 2.63 bits per heavy atom. The molecule has 4 heterocycles. The van der Waals surface area contributed by atoms with Crippen LogP contribution in [0.15, 0.2) is 67.0 Å². The number of nitrogens with zero attached hydrogens (tertiary/aromatic N) is 3. The molecule has 0 radical (unpaired) electrons. The van der Waals surface area contributed by atoms with E-state index >= 15 is 0 Å². The molecular weight excluding hydrogens is 439 g/mol. The molecule has 1 fully saturated rings. The molecule has 0 bridgehead atoms. The fourth-order valence-electron chi connectivity index (χ4n) is 5.02. The number of halogens is 1. The maximum absolute atomic E-state index is 14.7. The van der Waals surface area contributed by atoms with Crippen molar-refractivity contribution < 1.29 is 9.13 Å². The first-order chi connectivity index (χ1) is 17.0. The second-order valence-corrected chi connectivity index (χ2v) is 9.52. The maximum Gasteiger partial charge on any atom is 0.149 e. The predicted octanol–water partition coefficient (Wildman–Crippen LogP) is 6.02. The van der Waals surface area contributed by atoms with E-state index in [1.54, 1.807) is 0 Å². The van der Waals surface area contributed by atoms with Gasteiger partial charge in [-0.3, -0.25) is 9.38 Å². The van der Waals surface area contributed by atoms with Crippen molar-refractivity contribution in [2.45, 2.75) is 32.9 Å². The van der Waals surface area contributed by atoms with E-state index in [9.17, 15) is 4.39 Å². The second kappa shape index (κ2) is 8.56. The molecule has 5 nitrogen and oxygen atoms in total. The molecule has 176 valence electrons. The highest BCUT2D eigenvalue weighted by molar-refractivity contribution is 5.95. The van der Waals surface area contributed by atoms with Gasteiger partial charge >= 0.3 is 0 Å². The van der Waals surface area contributed by atoms with Crippen LogP contribution in [0.3, 0.4) is 0 Å². The van der Waals surface area contributed by atoms with Crippen LogP contribution in [-0.2, 0) is 4.74 Å². The minimum absolute atomic E-state index is 0.220. The third-order valence-corrected chi connectivity index (χ3v) is 6.71. The van der Waals surface area contributed by atoms with Crippen molar-refractivity contribution in [3.8, 4) is 22.4 Å². The summed E-state index contributed by atoms with van der Waals surface area (Å²) in [4.78, 5) is 9.13. The van der Waals surface area contributed by atoms with E-state index in [4.69, 9.17) is 4.74 Å². The number of pyridine rings is 2. The molecule has 0 aliphatic carbocycles. The van der Waals surface area contributed by atoms with Crippen LogP contribution in [0.25, 0.3) is 38.9 Å². The SMILES string of the molecule is Cc1cc(F)c2nc(C)cc(-c3cnc4cc(-c5ccc(C6COCC(C)N6)cc5)ccn34)c2c1. The minimum Gasteiger partial charge on any atom is -0.378 e. The molecule has 35 heavy (non-hydrogen) atoms. The lowest BCUT2D eigenvalue weighted by Crippen LogP contribution is -2.41. The highest BCUT2D eigenvalue weighted by Crippen LogP contribution is 2.32. The molecule has 6 rings (SSSR count). The van der Waals surface area contributed by atoms with Crippen molar-refractivity contribution in [3.63, 3.8) is 0 Å². The van der Waals surface area contributed by atoms with Crippen LogP contribution < -0.4 is 5.32 Å². The number of benzene rings is 2. The molecule has 1 aliphatic rings. The predicted molar refractivity (Wildman–Crippen MR) is 137 cm³/mol. The lowest BCUT2D eigenvalue weighted by atomic mass is 10.0. The van der Waals surface area contributed by atoms with E-state index in [0.29, 0.717) is 18.2 Å². The van der Waals surface area contributed by atoms with E-state index in [1.807, 2.05) is 38.4 Å². The molecule has 6 heteroatoms. The highest BCUT2D eigenvalue weighted by atomic mass is 19.1. The van der Waals surface area contributed by atoms with E-state index in [1.165, 1.54) is 11.6 Å². The van der Waals surface area contributed by atoms with Crippen molar-refractivity contribution in [2.24, 2.45) is 0 Å². The van der Waals surface area contributed by atoms with Gasteiger partial charge in [0.25, 0.3) is 0 Å². The Bertz CT molecular complexity index is 1560. The normalized spacial score (nSPS) is 18.4. The fraction of sp³-hybridized carbons (Fsp3) is 0.241. The van der Waals surface area contributed by atoms with Crippen molar-refractivity contribution >= 4 is 16.6 Å². The molecule has 1 N–H and O–H groups in total. The zero-order chi connectivity index (χ0) is 24.1. The highest BCUT2D eigenvalue weighted by Gasteiger charge is 2.20. The van der Waals surface area contributed by atoms with Crippen molar-refractivity contribution in [2.75, 3.05) is 13.2 Å². The van der Waals surface area contributed by atoms with Crippen LogP contribution in [0, 0.1) is 19.7 Å². The van der Waals surface area contributed by atoms with Gasteiger partial charge in [-0.15, -0.1) is 0 Å². The van der Waals surface area contributed by atoms with Gasteiger partial charge in [0.05, 0.1) is 31.1 Å². The quantitative estimate of drug-likeness (QED) is 0.353. The van der Waals surface area contributed by atoms with Crippen LogP contribution in [0.2, 0.25) is 0 Å². The topological polar surface area (TPSA) is 51.5 Å². The largest absolute Gasteiger partial charge is 0.378 e. The summed E-state index contributed by atoms with van der Waals surface area (Å²) in [6, 6.07) is 18.9. The lowest BCUT2D eigenvalue weighted by Gasteiger charge is -2.29. The molecule has 3 aromatic heterocycles. The van der Waals surface area contributed by atoms with Gasteiger partial charge in [0.1, 0.15) is 17.0 Å². The molecule has 2 unspecified atom stereocenters. The van der Waals surface area contributed by atoms with Gasteiger partial charge in [0, 0.05) is 28.9 Å². The molecule has 2 atom stereocenters. The second-order valence-electron chi connectivity index (χ2n) is 9.52. The first-order valence-electron chi connectivity index (χ1n) is 12.0. The fourth-order valence-corrected chi connectivity index (χ4v) is 5.02. The molecule has 0 spiro atoms. The van der Waals surface area contributed by atoms with Gasteiger partial charge in [-0.1, -0.05) is 24.3 Å². The molecule has 0 saturated carbocycles. The molecule has 2 aromatic carbocycles. The zero-order valence-corrected chi connectivity index (χ0v) is 20.0. The van der Waals surface area contributed by atoms with Gasteiger partial charge in [-0.05, 0) is 73.4 Å². The Balaban J connectivity index is 1.37. The standard InChI is InChI=1S/C29H27FN4O/c1-17-10-24-23(12-18(2)33-29(24)25(30)11-17)27-14-31-28-13-22(8-9-34(27)28)20-4-6-21(7-5-20)26-16-35-15-19(3)32-26/h4-14,19,26,32H,15-16H2,1-3H3. The summed E-state index contributed by atoms with van der Waals surface area (Å²) < 4.78 is 22.4. The average molecular weight is 467 g/mol. The van der Waals surface area contributed by atoms with E-state index in [-0.39, 0.29) is 11.9 Å². The van der Waals surface area contributed by atoms with Gasteiger partial charge in [-0.2, -0.15) is 0 Å². The van der Waals surface area contributed by atoms with Crippen LogP contribution in [0.4, 0.5) is 4.39 Å². The number of hydrogen-bond acceptors (Lipinski definition) is 4. The summed E-state index contributed by atoms with van der Waals surface area (Å²) in [6.45, 7) is 7.38. The Morgan fingerprint density at radius 1 is 1.00 bits per heavy atom. The molecule has 1 saturated heterocycles. The number of hydrogen-bond donors (Lipinski definition) is 1. The number of morpholine rings is 1. The van der Waals surface area contributed by atoms with Crippen LogP contribution in [0.5, 0.6) is 0 Å². The Labute approximate surface area is 203 Å². The molecular formula is C29H27FN4O. The smallest absolute Gasteiger partial charge is 0.149 e. The number of nitrogens with one attached hydrogen (secondary N) is 1. The average Bonchev–Trinajstić information content (AvgIpc) is 3.27. The first kappa shape index (κ1) is 21.9. The summed E-state index contributed by atoms with van der Waals surface area (Å²) in [6.07, 6.45) is 3.89. The van der Waals surface area contributed by atoms with Crippen molar-refractivity contribution in [1.29, 1.82) is 0 Å². The zero-order valence-electron chi connectivity index (χ0n) is 20.0. The molecule has 5 aromatic rings. The van der Waals surface area contributed by atoms with Crippen LogP contribution >= 0.6 is 0 Å². The number of rotatable bonds is 3. The minimum atomic E-state index is -0.297. The maximum atomic E-state index is 14.7. The number of aryl methyl sites for hydroxylation is 2. The Kier molecular flexibility index (Phi) is 5.35. The van der Waals surface area contributed by atoms with Crippen LogP contribution in [-0.4, -0.2) is 33.6 Å². The molecule has 1 aliphatic heterocycles. The Hall–Kier alpha value is -3.61. The third kappa shape index (κ3) is 3.99. The first-order valence-corrected chi connectivity index (χ1v) is 12.0. The Morgan fingerprint density at radius 2 is 1.83 bits per heavy atom. The van der Waals surface area contributed by atoms with E-state index in [0.717, 1.165) is 51.3 Å². The summed E-state index contributed by atoms with van der Waals surface area (Å²) in [5, 5.41) is 4.39. The summed E-state index contributed by atoms with van der Waals surface area (Å²) in [7, 11) is 0. The van der Waals surface area contributed by atoms with Crippen molar-refractivity contribution in [3.05, 3.63) is 89.6 Å². The van der Waals surface area contributed by atoms with Crippen molar-refractivity contribution in [1.82, 2.24) is 19.7 Å². The summed E-state index contributed by atoms with van der Waals surface area (Å²) in [5.41, 5.74) is 8.18. The van der Waals surface area contributed by atoms with Gasteiger partial charge in [-0.25, -0.2) is 9.37 Å². The number of imidazole rings is 1. The molecule has 0 amide bonds. The lowest BCUT2D eigenvalue weighted by molar-refractivity contribution is 0.0504. The monoisotopic (exact) mass is 466 g/mol. The van der Waals surface area contributed by atoms with Gasteiger partial charge < -0.3 is 10.1 Å². The summed E-state index contributed by atoms with van der Waals surface area (Å²) in [5.74, 6) is -0.297. The van der Waals surface area contributed by atoms with E-state index in [2.05, 4.69) is 63.0 Å². The van der Waals surface area contributed by atoms with E-state index < -0.39 is 0 Å². The number of ether oxygens (including phenoxy) is 1. The van der Waals surface area contributed by atoms with Gasteiger partial charge in [0.15, 0.2) is 0 Å². The van der Waals surface area contributed by atoms with Gasteiger partial charge in [0.2, 0.25) is 0 Å². The van der Waals surface area contributed by atoms with Crippen LogP contribution in [0.1, 0.15) is 29.8 Å². The number of fused-ring (bicyclic) bond motifs is 2. The number of aromatic nitrogens is 3. The summed E-state index contributed by atoms with van der Waals surface area (Å²) >= 11 is 0. The third-order valence-electron chi connectivity index (χ3n) is 6.71.